The Morgan fingerprint density at radius 2 is 1.60 bits per heavy atom. The zero-order valence-electron chi connectivity index (χ0n) is 7.83. The van der Waals surface area contributed by atoms with E-state index in [0.29, 0.717) is 5.82 Å². The van der Waals surface area contributed by atoms with E-state index in [1.165, 1.54) is 0 Å². The Balaban J connectivity index is 0.000000980. The van der Waals surface area contributed by atoms with E-state index in [0.717, 1.165) is 11.4 Å². The van der Waals surface area contributed by atoms with Gasteiger partial charge in [-0.25, -0.2) is 4.98 Å². The minimum absolute atomic E-state index is 0. The van der Waals surface area contributed by atoms with Crippen LogP contribution in [0.1, 0.15) is 0 Å². The standard InChI is InChI=1S/C10H9N3.2ClH/c11-10-6-3-5-9(13-10)8-4-1-2-7-12-8;;/h1-7H,(H2,11,13);2*1H. The quantitative estimate of drug-likeness (QED) is 0.838. The van der Waals surface area contributed by atoms with Gasteiger partial charge in [0.25, 0.3) is 0 Å². The molecule has 0 aliphatic carbocycles. The van der Waals surface area contributed by atoms with Crippen LogP contribution in [0, 0.1) is 0 Å². The van der Waals surface area contributed by atoms with Crippen molar-refractivity contribution in [3.63, 3.8) is 0 Å². The molecular formula is C10H11Cl2N3. The van der Waals surface area contributed by atoms with Gasteiger partial charge in [0.1, 0.15) is 5.82 Å². The summed E-state index contributed by atoms with van der Waals surface area (Å²) in [6.45, 7) is 0. The van der Waals surface area contributed by atoms with Crippen LogP contribution in [0.15, 0.2) is 42.6 Å². The lowest BCUT2D eigenvalue weighted by Gasteiger charge is -1.99. The van der Waals surface area contributed by atoms with Crippen molar-refractivity contribution >= 4 is 30.6 Å². The predicted molar refractivity (Wildman–Crippen MR) is 66.4 cm³/mol. The zero-order chi connectivity index (χ0) is 9.10. The second-order valence-electron chi connectivity index (χ2n) is 2.66. The van der Waals surface area contributed by atoms with Crippen molar-refractivity contribution in [2.45, 2.75) is 0 Å². The van der Waals surface area contributed by atoms with Crippen molar-refractivity contribution in [2.75, 3.05) is 5.73 Å². The van der Waals surface area contributed by atoms with Crippen LogP contribution in [-0.4, -0.2) is 9.97 Å². The molecule has 0 aliphatic rings. The molecule has 5 heteroatoms. The highest BCUT2D eigenvalue weighted by Crippen LogP contribution is 2.13. The molecule has 0 amide bonds. The minimum atomic E-state index is 0. The Bertz CT molecular complexity index is 406. The first-order chi connectivity index (χ1) is 6.36. The number of hydrogen-bond donors (Lipinski definition) is 1. The number of pyridine rings is 2. The Kier molecular flexibility index (Phi) is 5.67. The van der Waals surface area contributed by atoms with E-state index in [1.807, 2.05) is 30.3 Å². The summed E-state index contributed by atoms with van der Waals surface area (Å²) in [6, 6.07) is 11.2. The molecule has 15 heavy (non-hydrogen) atoms. The van der Waals surface area contributed by atoms with Crippen molar-refractivity contribution in [1.82, 2.24) is 9.97 Å². The van der Waals surface area contributed by atoms with Crippen molar-refractivity contribution in [1.29, 1.82) is 0 Å². The van der Waals surface area contributed by atoms with Crippen LogP contribution in [0.5, 0.6) is 0 Å². The topological polar surface area (TPSA) is 51.8 Å². The SMILES string of the molecule is Cl.Cl.Nc1cccc(-c2ccccn2)n1. The lowest BCUT2D eigenvalue weighted by Crippen LogP contribution is -1.92. The molecule has 0 aliphatic heterocycles. The Morgan fingerprint density at radius 1 is 0.867 bits per heavy atom. The molecule has 0 fully saturated rings. The monoisotopic (exact) mass is 243 g/mol. The van der Waals surface area contributed by atoms with Gasteiger partial charge in [0, 0.05) is 6.20 Å². The summed E-state index contributed by atoms with van der Waals surface area (Å²) in [5.74, 6) is 0.517. The number of nitrogens with two attached hydrogens (primary N) is 1. The average Bonchev–Trinajstić information content (AvgIpc) is 2.19. The molecule has 2 aromatic heterocycles. The molecular weight excluding hydrogens is 233 g/mol. The zero-order valence-corrected chi connectivity index (χ0v) is 9.46. The van der Waals surface area contributed by atoms with Gasteiger partial charge in [0.2, 0.25) is 0 Å². The lowest BCUT2D eigenvalue weighted by atomic mass is 10.2. The molecule has 2 rings (SSSR count). The van der Waals surface area contributed by atoms with Gasteiger partial charge in [-0.05, 0) is 24.3 Å². The summed E-state index contributed by atoms with van der Waals surface area (Å²) >= 11 is 0. The van der Waals surface area contributed by atoms with Gasteiger partial charge in [-0.1, -0.05) is 12.1 Å². The fourth-order valence-corrected chi connectivity index (χ4v) is 1.11. The number of nitrogens with zero attached hydrogens (tertiary/aromatic N) is 2. The highest BCUT2D eigenvalue weighted by molar-refractivity contribution is 5.85. The van der Waals surface area contributed by atoms with E-state index < -0.39 is 0 Å². The highest BCUT2D eigenvalue weighted by Gasteiger charge is 1.98. The maximum Gasteiger partial charge on any atom is 0.124 e. The Hall–Kier alpha value is -1.32. The minimum Gasteiger partial charge on any atom is -0.384 e. The van der Waals surface area contributed by atoms with E-state index in [9.17, 15) is 0 Å². The van der Waals surface area contributed by atoms with Gasteiger partial charge >= 0.3 is 0 Å². The van der Waals surface area contributed by atoms with Crippen LogP contribution >= 0.6 is 24.8 Å². The third kappa shape index (κ3) is 3.38. The first-order valence-corrected chi connectivity index (χ1v) is 4.00. The van der Waals surface area contributed by atoms with Crippen LogP contribution in [0.4, 0.5) is 5.82 Å². The van der Waals surface area contributed by atoms with Gasteiger partial charge < -0.3 is 5.73 Å². The molecule has 0 radical (unpaired) electrons. The van der Waals surface area contributed by atoms with Gasteiger partial charge in [-0.15, -0.1) is 24.8 Å². The van der Waals surface area contributed by atoms with E-state index in [-0.39, 0.29) is 24.8 Å². The first-order valence-electron chi connectivity index (χ1n) is 4.00. The van der Waals surface area contributed by atoms with Gasteiger partial charge in [-0.2, -0.15) is 0 Å². The maximum atomic E-state index is 5.56. The molecule has 0 atom stereocenters. The summed E-state index contributed by atoms with van der Waals surface area (Å²) in [7, 11) is 0. The molecule has 0 saturated carbocycles. The first kappa shape index (κ1) is 13.7. The third-order valence-electron chi connectivity index (χ3n) is 1.70. The molecule has 0 bridgehead atoms. The highest BCUT2D eigenvalue weighted by atomic mass is 35.5. The van der Waals surface area contributed by atoms with Gasteiger partial charge in [-0.3, -0.25) is 4.98 Å². The van der Waals surface area contributed by atoms with Crippen LogP contribution in [0.3, 0.4) is 0 Å². The second kappa shape index (κ2) is 6.22. The van der Waals surface area contributed by atoms with Gasteiger partial charge in [0.15, 0.2) is 0 Å². The summed E-state index contributed by atoms with van der Waals surface area (Å²) in [5, 5.41) is 0. The van der Waals surface area contributed by atoms with Crippen molar-refractivity contribution in [3.8, 4) is 11.4 Å². The van der Waals surface area contributed by atoms with E-state index in [2.05, 4.69) is 9.97 Å². The predicted octanol–water partition coefficient (Wildman–Crippen LogP) is 2.57. The second-order valence-corrected chi connectivity index (χ2v) is 2.66. The molecule has 2 heterocycles. The molecule has 80 valence electrons. The smallest absolute Gasteiger partial charge is 0.124 e. The normalized spacial score (nSPS) is 8.53. The molecule has 0 saturated heterocycles. The van der Waals surface area contributed by atoms with Crippen LogP contribution in [0.25, 0.3) is 11.4 Å². The number of nitrogen functional groups attached to an aromatic ring is 1. The summed E-state index contributed by atoms with van der Waals surface area (Å²) in [6.07, 6.45) is 1.74. The molecule has 0 aromatic carbocycles. The Labute approximate surface area is 101 Å². The van der Waals surface area contributed by atoms with Crippen molar-refractivity contribution in [2.24, 2.45) is 0 Å². The average molecular weight is 244 g/mol. The number of anilines is 1. The largest absolute Gasteiger partial charge is 0.384 e. The number of hydrogen-bond acceptors (Lipinski definition) is 3. The van der Waals surface area contributed by atoms with Crippen molar-refractivity contribution in [3.05, 3.63) is 42.6 Å². The fraction of sp³-hybridized carbons (Fsp3) is 0. The van der Waals surface area contributed by atoms with E-state index >= 15 is 0 Å². The summed E-state index contributed by atoms with van der Waals surface area (Å²) < 4.78 is 0. The number of aromatic nitrogens is 2. The van der Waals surface area contributed by atoms with E-state index in [1.54, 1.807) is 12.3 Å². The van der Waals surface area contributed by atoms with Gasteiger partial charge in [0.05, 0.1) is 11.4 Å². The number of rotatable bonds is 1. The van der Waals surface area contributed by atoms with Crippen LogP contribution in [-0.2, 0) is 0 Å². The molecule has 0 spiro atoms. The molecule has 0 unspecified atom stereocenters. The Morgan fingerprint density at radius 3 is 2.20 bits per heavy atom. The van der Waals surface area contributed by atoms with Crippen LogP contribution in [0.2, 0.25) is 0 Å². The summed E-state index contributed by atoms with van der Waals surface area (Å²) in [4.78, 5) is 8.33. The van der Waals surface area contributed by atoms with Crippen molar-refractivity contribution < 1.29 is 0 Å². The van der Waals surface area contributed by atoms with Crippen LogP contribution < -0.4 is 5.73 Å². The molecule has 2 N–H and O–H groups in total. The third-order valence-corrected chi connectivity index (χ3v) is 1.70. The number of halogens is 2. The summed E-state index contributed by atoms with van der Waals surface area (Å²) in [5.41, 5.74) is 7.21. The fourth-order valence-electron chi connectivity index (χ4n) is 1.11. The maximum absolute atomic E-state index is 5.56. The molecule has 3 nitrogen and oxygen atoms in total. The van der Waals surface area contributed by atoms with E-state index in [4.69, 9.17) is 5.73 Å². The lowest BCUT2D eigenvalue weighted by molar-refractivity contribution is 1.25. The molecule has 2 aromatic rings.